The minimum atomic E-state index is -2.78. The van der Waals surface area contributed by atoms with Crippen LogP contribution in [0.15, 0.2) is 44.6 Å². The summed E-state index contributed by atoms with van der Waals surface area (Å²) in [5.41, 5.74) is 8.08. The normalized spacial score (nSPS) is 15.4. The van der Waals surface area contributed by atoms with E-state index in [1.165, 1.54) is 24.5 Å². The second-order valence-electron chi connectivity index (χ2n) is 5.87. The third kappa shape index (κ3) is 6.43. The highest BCUT2D eigenvalue weighted by molar-refractivity contribution is 7.11. The molecule has 11 heteroatoms. The topological polar surface area (TPSA) is 105 Å². The van der Waals surface area contributed by atoms with Gasteiger partial charge in [-0.25, -0.2) is 9.98 Å². The number of hydrogen-bond donors (Lipinski definition) is 2. The summed E-state index contributed by atoms with van der Waals surface area (Å²) >= 11 is 1.46. The molecule has 3 N–H and O–H groups in total. The molecule has 1 aliphatic rings. The van der Waals surface area contributed by atoms with Crippen molar-refractivity contribution in [2.45, 2.75) is 26.3 Å². The zero-order valence-corrected chi connectivity index (χ0v) is 17.1. The first-order chi connectivity index (χ1) is 14.0. The second-order valence-corrected chi connectivity index (χ2v) is 6.76. The molecular formula is C18H24F2N6O2S. The summed E-state index contributed by atoms with van der Waals surface area (Å²) < 4.78 is 29.1. The number of alkyl halides is 2. The lowest BCUT2D eigenvalue weighted by Gasteiger charge is -2.33. The fourth-order valence-corrected chi connectivity index (χ4v) is 3.40. The Hall–Kier alpha value is -2.66. The number of carbonyl (C=O) groups is 1. The number of nitrogens with two attached hydrogens (primary N) is 1. The first-order valence-corrected chi connectivity index (χ1v) is 9.84. The summed E-state index contributed by atoms with van der Waals surface area (Å²) in [7, 11) is 1.34. The Morgan fingerprint density at radius 2 is 2.34 bits per heavy atom. The van der Waals surface area contributed by atoms with Gasteiger partial charge in [0.25, 0.3) is 0 Å². The molecule has 1 aromatic heterocycles. The number of aromatic nitrogens is 1. The molecule has 0 fully saturated rings. The lowest BCUT2D eigenvalue weighted by molar-refractivity contribution is -0.140. The van der Waals surface area contributed by atoms with E-state index < -0.39 is 6.55 Å². The molecule has 1 aromatic rings. The van der Waals surface area contributed by atoms with Gasteiger partial charge in [0, 0.05) is 41.3 Å². The molecule has 2 heterocycles. The zero-order valence-electron chi connectivity index (χ0n) is 16.3. The third-order valence-corrected chi connectivity index (χ3v) is 4.85. The molecule has 0 radical (unpaired) electrons. The van der Waals surface area contributed by atoms with Gasteiger partial charge in [-0.05, 0) is 12.5 Å². The van der Waals surface area contributed by atoms with Crippen LogP contribution in [0.25, 0.3) is 0 Å². The molecule has 0 unspecified atom stereocenters. The Balaban J connectivity index is 2.26. The fourth-order valence-electron chi connectivity index (χ4n) is 2.74. The summed E-state index contributed by atoms with van der Waals surface area (Å²) in [6.45, 7) is 0.298. The van der Waals surface area contributed by atoms with Crippen LogP contribution in [0, 0.1) is 0 Å². The minimum Gasteiger partial charge on any atom is -0.469 e. The van der Waals surface area contributed by atoms with Crippen molar-refractivity contribution in [2.75, 3.05) is 26.9 Å². The Bertz CT molecular complexity index is 805. The number of rotatable bonds is 10. The largest absolute Gasteiger partial charge is 0.469 e. The van der Waals surface area contributed by atoms with Gasteiger partial charge >= 0.3 is 12.5 Å². The molecular weight excluding hydrogens is 402 g/mol. The summed E-state index contributed by atoms with van der Waals surface area (Å²) in [5.74, 6) is 0.391. The van der Waals surface area contributed by atoms with Crippen LogP contribution in [0.5, 0.6) is 0 Å². The molecule has 0 aliphatic carbocycles. The van der Waals surface area contributed by atoms with E-state index in [1.54, 1.807) is 6.20 Å². The number of nitrogens with one attached hydrogen (secondary N) is 1. The van der Waals surface area contributed by atoms with Gasteiger partial charge in [-0.3, -0.25) is 15.1 Å². The van der Waals surface area contributed by atoms with Gasteiger partial charge in [0.2, 0.25) is 0 Å². The highest BCUT2D eigenvalue weighted by Crippen LogP contribution is 2.26. The molecule has 158 valence electrons. The van der Waals surface area contributed by atoms with Crippen LogP contribution in [0.4, 0.5) is 8.78 Å². The van der Waals surface area contributed by atoms with E-state index in [4.69, 9.17) is 5.73 Å². The van der Waals surface area contributed by atoms with Crippen LogP contribution in [-0.2, 0) is 9.53 Å². The van der Waals surface area contributed by atoms with Gasteiger partial charge in [0.05, 0.1) is 26.7 Å². The van der Waals surface area contributed by atoms with E-state index in [0.717, 1.165) is 22.5 Å². The minimum absolute atomic E-state index is 0.234. The molecule has 0 saturated heterocycles. The summed E-state index contributed by atoms with van der Waals surface area (Å²) in [6.07, 6.45) is 4.92. The van der Waals surface area contributed by atoms with Gasteiger partial charge in [0.1, 0.15) is 0 Å². The number of esters is 1. The van der Waals surface area contributed by atoms with Crippen LogP contribution >= 0.6 is 11.3 Å². The van der Waals surface area contributed by atoms with Crippen LogP contribution in [-0.4, -0.2) is 61.3 Å². The van der Waals surface area contributed by atoms with Crippen molar-refractivity contribution in [1.29, 1.82) is 0 Å². The van der Waals surface area contributed by atoms with Crippen molar-refractivity contribution in [1.82, 2.24) is 15.2 Å². The number of nitrogens with zero attached hydrogens (tertiary/aromatic N) is 4. The smallest absolute Gasteiger partial charge is 0.331 e. The number of methoxy groups -OCH3 is 1. The lowest BCUT2D eigenvalue weighted by atomic mass is 10.1. The number of allylic oxidation sites excluding steroid dienone is 2. The van der Waals surface area contributed by atoms with Gasteiger partial charge in [-0.2, -0.15) is 8.78 Å². The number of halogens is 2. The highest BCUT2D eigenvalue weighted by atomic mass is 32.1. The van der Waals surface area contributed by atoms with Crippen molar-refractivity contribution in [3.05, 3.63) is 39.6 Å². The van der Waals surface area contributed by atoms with E-state index in [1.807, 2.05) is 17.2 Å². The summed E-state index contributed by atoms with van der Waals surface area (Å²) in [5, 5.41) is 5.81. The number of amidine groups is 1. The average molecular weight is 426 g/mol. The molecule has 0 spiro atoms. The van der Waals surface area contributed by atoms with E-state index in [-0.39, 0.29) is 12.4 Å². The first-order valence-electron chi connectivity index (χ1n) is 8.96. The van der Waals surface area contributed by atoms with E-state index in [9.17, 15) is 13.6 Å². The average Bonchev–Trinajstić information content (AvgIpc) is 3.24. The Kier molecular flexibility index (Phi) is 8.87. The molecule has 0 saturated carbocycles. The van der Waals surface area contributed by atoms with Gasteiger partial charge in [0.15, 0.2) is 10.8 Å². The second kappa shape index (κ2) is 11.4. The van der Waals surface area contributed by atoms with Crippen LogP contribution in [0.2, 0.25) is 0 Å². The Morgan fingerprint density at radius 1 is 1.55 bits per heavy atom. The molecule has 0 aromatic carbocycles. The molecule has 1 aliphatic heterocycles. The number of thiazole rings is 1. The predicted octanol–water partition coefficient (Wildman–Crippen LogP) is 2.12. The number of hydrogen-bond acceptors (Lipinski definition) is 9. The van der Waals surface area contributed by atoms with Crippen molar-refractivity contribution >= 4 is 29.4 Å². The summed E-state index contributed by atoms with van der Waals surface area (Å²) in [4.78, 5) is 25.2. The van der Waals surface area contributed by atoms with Crippen molar-refractivity contribution in [2.24, 2.45) is 15.7 Å². The Labute approximate surface area is 171 Å². The molecule has 0 bridgehead atoms. The van der Waals surface area contributed by atoms with E-state index in [2.05, 4.69) is 25.0 Å². The summed E-state index contributed by atoms with van der Waals surface area (Å²) in [6, 6.07) is 0. The third-order valence-electron chi connectivity index (χ3n) is 4.08. The number of ether oxygens (including phenoxy) is 1. The quantitative estimate of drug-likeness (QED) is 0.257. The van der Waals surface area contributed by atoms with Crippen molar-refractivity contribution < 1.29 is 18.3 Å². The van der Waals surface area contributed by atoms with Crippen molar-refractivity contribution in [3.8, 4) is 0 Å². The van der Waals surface area contributed by atoms with E-state index >= 15 is 0 Å². The van der Waals surface area contributed by atoms with E-state index in [0.29, 0.717) is 37.7 Å². The molecule has 0 amide bonds. The van der Waals surface area contributed by atoms with Gasteiger partial charge in [-0.15, -0.1) is 11.3 Å². The number of aliphatic imine (C=N–C) groups is 2. The standard InChI is InChI=1S/C18H24F2N6O2S/c1-3-14-12(13(21)4-7-24-18(19)20)10-25-16(17-23-8-9-29-17)26(14)11-22-6-5-15(27)28-2/h4,7-9,18,22H,3,5-6,10-11,21H2,1-2H3. The maximum absolute atomic E-state index is 12.2. The molecule has 2 rings (SSSR count). The maximum atomic E-state index is 12.2. The number of carbonyl (C=O) groups excluding carboxylic acids is 1. The highest BCUT2D eigenvalue weighted by Gasteiger charge is 2.26. The fraction of sp³-hybridized carbons (Fsp3) is 0.444. The zero-order chi connectivity index (χ0) is 21.2. The first kappa shape index (κ1) is 22.6. The maximum Gasteiger partial charge on any atom is 0.331 e. The van der Waals surface area contributed by atoms with Crippen LogP contribution in [0.1, 0.15) is 24.8 Å². The van der Waals surface area contributed by atoms with Gasteiger partial charge in [-0.1, -0.05) is 6.92 Å². The molecule has 29 heavy (non-hydrogen) atoms. The Morgan fingerprint density at radius 3 is 2.97 bits per heavy atom. The monoisotopic (exact) mass is 426 g/mol. The molecule has 8 nitrogen and oxygen atoms in total. The SMILES string of the molecule is CCC1=C(C(N)=CC=NC(F)F)CN=C(c2nccs2)N1CNCCC(=O)OC. The van der Waals surface area contributed by atoms with Crippen LogP contribution < -0.4 is 11.1 Å². The lowest BCUT2D eigenvalue weighted by Crippen LogP contribution is -2.42. The van der Waals surface area contributed by atoms with Crippen LogP contribution in [0.3, 0.4) is 0 Å². The van der Waals surface area contributed by atoms with Gasteiger partial charge < -0.3 is 15.4 Å². The van der Waals surface area contributed by atoms with Crippen molar-refractivity contribution in [3.63, 3.8) is 0 Å². The molecule has 0 atom stereocenters. The predicted molar refractivity (Wildman–Crippen MR) is 109 cm³/mol.